The number of aryl methyl sites for hydroxylation is 1. The maximum Gasteiger partial charge on any atom is 0.0236 e. The quantitative estimate of drug-likeness (QED) is 0.885. The third-order valence-electron chi connectivity index (χ3n) is 4.38. The van der Waals surface area contributed by atoms with Gasteiger partial charge in [-0.2, -0.15) is 0 Å². The molecule has 1 aromatic carbocycles. The maximum absolute atomic E-state index is 5.94. The summed E-state index contributed by atoms with van der Waals surface area (Å²) in [5, 5.41) is 0. The molecule has 2 nitrogen and oxygen atoms in total. The molecule has 0 bridgehead atoms. The summed E-state index contributed by atoms with van der Waals surface area (Å²) in [6, 6.07) is 8.87. The average Bonchev–Trinajstić information content (AvgIpc) is 2.60. The second-order valence-corrected chi connectivity index (χ2v) is 5.95. The van der Waals surface area contributed by atoms with Gasteiger partial charge in [-0.3, -0.25) is 4.90 Å². The van der Waals surface area contributed by atoms with Gasteiger partial charge in [-0.1, -0.05) is 38.1 Å². The molecule has 1 aliphatic rings. The molecule has 0 aromatic heterocycles. The molecule has 1 atom stereocenters. The summed E-state index contributed by atoms with van der Waals surface area (Å²) < 4.78 is 0. The van der Waals surface area contributed by atoms with E-state index in [1.807, 2.05) is 0 Å². The Morgan fingerprint density at radius 2 is 2.00 bits per heavy atom. The van der Waals surface area contributed by atoms with E-state index in [9.17, 15) is 0 Å². The van der Waals surface area contributed by atoms with Crippen LogP contribution in [0.25, 0.3) is 0 Å². The summed E-state index contributed by atoms with van der Waals surface area (Å²) in [5.74, 6) is 0. The Labute approximate surface area is 111 Å². The predicted octanol–water partition coefficient (Wildman–Crippen LogP) is 2.81. The molecule has 18 heavy (non-hydrogen) atoms. The summed E-state index contributed by atoms with van der Waals surface area (Å²) in [4.78, 5) is 2.59. The van der Waals surface area contributed by atoms with Gasteiger partial charge in [0.1, 0.15) is 0 Å². The lowest BCUT2D eigenvalue weighted by Gasteiger charge is -2.33. The second kappa shape index (κ2) is 5.85. The fourth-order valence-corrected chi connectivity index (χ4v) is 2.76. The van der Waals surface area contributed by atoms with Crippen molar-refractivity contribution in [3.05, 3.63) is 35.4 Å². The van der Waals surface area contributed by atoms with Crippen LogP contribution in [0.4, 0.5) is 0 Å². The molecule has 0 saturated heterocycles. The van der Waals surface area contributed by atoms with Crippen molar-refractivity contribution >= 4 is 0 Å². The van der Waals surface area contributed by atoms with Crippen LogP contribution in [-0.2, 0) is 13.0 Å². The first-order valence-corrected chi connectivity index (χ1v) is 7.16. The summed E-state index contributed by atoms with van der Waals surface area (Å²) >= 11 is 0. The van der Waals surface area contributed by atoms with E-state index in [-0.39, 0.29) is 5.41 Å². The van der Waals surface area contributed by atoms with Crippen molar-refractivity contribution in [2.45, 2.75) is 39.7 Å². The van der Waals surface area contributed by atoms with E-state index < -0.39 is 0 Å². The van der Waals surface area contributed by atoms with E-state index in [0.717, 1.165) is 26.1 Å². The molecule has 2 N–H and O–H groups in total. The lowest BCUT2D eigenvalue weighted by molar-refractivity contribution is 0.159. The molecule has 0 aliphatic carbocycles. The molecule has 0 saturated carbocycles. The van der Waals surface area contributed by atoms with E-state index in [4.69, 9.17) is 5.73 Å². The van der Waals surface area contributed by atoms with Crippen LogP contribution in [0, 0.1) is 5.41 Å². The van der Waals surface area contributed by atoms with Crippen molar-refractivity contribution < 1.29 is 0 Å². The van der Waals surface area contributed by atoms with E-state index in [1.165, 1.54) is 30.5 Å². The Morgan fingerprint density at radius 1 is 1.28 bits per heavy atom. The smallest absolute Gasteiger partial charge is 0.0236 e. The van der Waals surface area contributed by atoms with E-state index in [0.29, 0.717) is 0 Å². The van der Waals surface area contributed by atoms with Gasteiger partial charge in [0.2, 0.25) is 0 Å². The predicted molar refractivity (Wildman–Crippen MR) is 77.5 cm³/mol. The summed E-state index contributed by atoms with van der Waals surface area (Å²) in [7, 11) is 0. The minimum atomic E-state index is 0.263. The van der Waals surface area contributed by atoms with Crippen LogP contribution in [0.15, 0.2) is 24.3 Å². The second-order valence-electron chi connectivity index (χ2n) is 5.95. The first kappa shape index (κ1) is 13.6. The zero-order valence-electron chi connectivity index (χ0n) is 11.8. The van der Waals surface area contributed by atoms with Gasteiger partial charge in [-0.15, -0.1) is 0 Å². The summed E-state index contributed by atoms with van der Waals surface area (Å²) in [6.45, 7) is 8.74. The largest absolute Gasteiger partial charge is 0.330 e. The van der Waals surface area contributed by atoms with Crippen LogP contribution < -0.4 is 5.73 Å². The molecule has 2 rings (SSSR count). The van der Waals surface area contributed by atoms with Crippen LogP contribution in [0.2, 0.25) is 0 Å². The molecular weight excluding hydrogens is 220 g/mol. The van der Waals surface area contributed by atoms with Crippen molar-refractivity contribution in [2.75, 3.05) is 19.6 Å². The molecule has 1 aromatic rings. The minimum Gasteiger partial charge on any atom is -0.330 e. The van der Waals surface area contributed by atoms with Gasteiger partial charge in [-0.25, -0.2) is 0 Å². The normalized spacial score (nSPS) is 19.9. The van der Waals surface area contributed by atoms with Gasteiger partial charge >= 0.3 is 0 Å². The van der Waals surface area contributed by atoms with E-state index in [1.54, 1.807) is 0 Å². The van der Waals surface area contributed by atoms with Crippen LogP contribution in [0.1, 0.15) is 37.8 Å². The Bertz CT molecular complexity index is 382. The summed E-state index contributed by atoms with van der Waals surface area (Å²) in [5.41, 5.74) is 9.24. The van der Waals surface area contributed by atoms with Crippen LogP contribution >= 0.6 is 0 Å². The van der Waals surface area contributed by atoms with Crippen molar-refractivity contribution in [3.63, 3.8) is 0 Å². The maximum atomic E-state index is 5.94. The Balaban J connectivity index is 2.08. The molecular formula is C16H26N2. The number of hydrogen-bond acceptors (Lipinski definition) is 2. The first-order valence-electron chi connectivity index (χ1n) is 7.16. The topological polar surface area (TPSA) is 29.3 Å². The third kappa shape index (κ3) is 3.12. The number of nitrogens with zero attached hydrogens (tertiary/aromatic N) is 1. The average molecular weight is 246 g/mol. The molecule has 0 spiro atoms. The number of nitrogens with two attached hydrogens (primary N) is 1. The minimum absolute atomic E-state index is 0.263. The van der Waals surface area contributed by atoms with Crippen LogP contribution in [0.5, 0.6) is 0 Å². The van der Waals surface area contributed by atoms with Gasteiger partial charge in [-0.05, 0) is 48.9 Å². The zero-order valence-corrected chi connectivity index (χ0v) is 11.8. The SMILES string of the molecule is CCC(C)(CN)CN1CCCc2ccccc2C1. The molecule has 1 aliphatic heterocycles. The van der Waals surface area contributed by atoms with E-state index >= 15 is 0 Å². The highest BCUT2D eigenvalue weighted by molar-refractivity contribution is 5.28. The molecule has 1 unspecified atom stereocenters. The highest BCUT2D eigenvalue weighted by Gasteiger charge is 2.25. The van der Waals surface area contributed by atoms with Crippen molar-refractivity contribution in [3.8, 4) is 0 Å². The molecule has 100 valence electrons. The van der Waals surface area contributed by atoms with Gasteiger partial charge in [0.25, 0.3) is 0 Å². The molecule has 0 fully saturated rings. The molecule has 0 amide bonds. The summed E-state index contributed by atoms with van der Waals surface area (Å²) in [6.07, 6.45) is 3.64. The standard InChI is InChI=1S/C16H26N2/c1-3-16(2,12-17)13-18-10-6-9-14-7-4-5-8-15(14)11-18/h4-5,7-8H,3,6,9-13,17H2,1-2H3. The highest BCUT2D eigenvalue weighted by atomic mass is 15.1. The monoisotopic (exact) mass is 246 g/mol. The van der Waals surface area contributed by atoms with E-state index in [2.05, 4.69) is 43.0 Å². The fourth-order valence-electron chi connectivity index (χ4n) is 2.76. The highest BCUT2D eigenvalue weighted by Crippen LogP contribution is 2.25. The zero-order chi connectivity index (χ0) is 13.0. The lowest BCUT2D eigenvalue weighted by atomic mass is 9.87. The van der Waals surface area contributed by atoms with Gasteiger partial charge in [0.15, 0.2) is 0 Å². The first-order chi connectivity index (χ1) is 8.67. The number of rotatable bonds is 4. The van der Waals surface area contributed by atoms with Crippen molar-refractivity contribution in [1.29, 1.82) is 0 Å². The lowest BCUT2D eigenvalue weighted by Crippen LogP contribution is -2.40. The number of fused-ring (bicyclic) bond motifs is 1. The molecule has 2 heteroatoms. The Morgan fingerprint density at radius 3 is 2.67 bits per heavy atom. The Hall–Kier alpha value is -0.860. The third-order valence-corrected chi connectivity index (χ3v) is 4.38. The van der Waals surface area contributed by atoms with Crippen LogP contribution in [-0.4, -0.2) is 24.5 Å². The van der Waals surface area contributed by atoms with Crippen molar-refractivity contribution in [1.82, 2.24) is 4.90 Å². The number of hydrogen-bond donors (Lipinski definition) is 1. The fraction of sp³-hybridized carbons (Fsp3) is 0.625. The molecule has 1 heterocycles. The van der Waals surface area contributed by atoms with Gasteiger partial charge < -0.3 is 5.73 Å². The van der Waals surface area contributed by atoms with Gasteiger partial charge in [0.05, 0.1) is 0 Å². The Kier molecular flexibility index (Phi) is 4.41. The molecule has 0 radical (unpaired) electrons. The van der Waals surface area contributed by atoms with Crippen molar-refractivity contribution in [2.24, 2.45) is 11.1 Å². The van der Waals surface area contributed by atoms with Gasteiger partial charge in [0, 0.05) is 13.1 Å². The number of benzene rings is 1. The van der Waals surface area contributed by atoms with Crippen LogP contribution in [0.3, 0.4) is 0 Å².